The first-order valence-electron chi connectivity index (χ1n) is 10.2. The largest absolute Gasteiger partial charge is 0.487 e. The van der Waals surface area contributed by atoms with Gasteiger partial charge in [-0.3, -0.25) is 4.79 Å². The molecule has 1 heterocycles. The number of carbonyl (C=O) groups is 1. The van der Waals surface area contributed by atoms with E-state index in [1.54, 1.807) is 6.92 Å². The number of amides is 1. The van der Waals surface area contributed by atoms with Crippen molar-refractivity contribution in [2.45, 2.75) is 71.6 Å². The van der Waals surface area contributed by atoms with Crippen LogP contribution in [-0.2, 0) is 4.79 Å². The molecule has 0 aliphatic carbocycles. The number of fused-ring (bicyclic) bond motifs is 1. The average molecular weight is 382 g/mol. The van der Waals surface area contributed by atoms with Crippen LogP contribution < -0.4 is 14.8 Å². The molecule has 1 N–H and O–H groups in total. The third kappa shape index (κ3) is 4.16. The molecule has 3 rings (SSSR count). The standard InChI is InChI=1S/C24H31NO3/c1-6-24(7-2)15-20(19-10-8-9-11-22(19)28-24)25-23(26)18(5)27-21-13-12-16(3)14-17(21)4/h8-14,18,20H,6-7,15H2,1-5H3,(H,25,26)/t18-,20+/m0/s1. The van der Waals surface area contributed by atoms with Crippen LogP contribution >= 0.6 is 0 Å². The third-order valence-electron chi connectivity index (χ3n) is 5.81. The molecule has 2 aromatic carbocycles. The van der Waals surface area contributed by atoms with Gasteiger partial charge in [0, 0.05) is 12.0 Å². The fourth-order valence-corrected chi connectivity index (χ4v) is 3.89. The van der Waals surface area contributed by atoms with Gasteiger partial charge < -0.3 is 14.8 Å². The van der Waals surface area contributed by atoms with Gasteiger partial charge in [-0.25, -0.2) is 0 Å². The van der Waals surface area contributed by atoms with E-state index in [1.807, 2.05) is 50.2 Å². The molecule has 1 aliphatic rings. The summed E-state index contributed by atoms with van der Waals surface area (Å²) >= 11 is 0. The number of para-hydroxylation sites is 1. The maximum atomic E-state index is 12.9. The molecule has 0 saturated carbocycles. The number of hydrogen-bond acceptors (Lipinski definition) is 3. The monoisotopic (exact) mass is 381 g/mol. The second kappa shape index (κ2) is 8.26. The quantitative estimate of drug-likeness (QED) is 0.741. The van der Waals surface area contributed by atoms with E-state index in [0.29, 0.717) is 0 Å². The number of hydrogen-bond donors (Lipinski definition) is 1. The van der Waals surface area contributed by atoms with E-state index in [1.165, 1.54) is 5.56 Å². The van der Waals surface area contributed by atoms with Crippen molar-refractivity contribution in [2.24, 2.45) is 0 Å². The Balaban J connectivity index is 1.76. The summed E-state index contributed by atoms with van der Waals surface area (Å²) in [5.74, 6) is 1.51. The molecule has 0 unspecified atom stereocenters. The lowest BCUT2D eigenvalue weighted by atomic mass is 9.83. The summed E-state index contributed by atoms with van der Waals surface area (Å²) in [6.45, 7) is 10.1. The summed E-state index contributed by atoms with van der Waals surface area (Å²) in [7, 11) is 0. The molecule has 1 aliphatic heterocycles. The number of nitrogens with one attached hydrogen (secondary N) is 1. The van der Waals surface area contributed by atoms with Crippen molar-refractivity contribution in [2.75, 3.05) is 0 Å². The van der Waals surface area contributed by atoms with E-state index in [9.17, 15) is 4.79 Å². The SMILES string of the molecule is CCC1(CC)C[C@@H](NC(=O)[C@H](C)Oc2ccc(C)cc2C)c2ccccc2O1. The lowest BCUT2D eigenvalue weighted by Gasteiger charge is -2.41. The zero-order valence-electron chi connectivity index (χ0n) is 17.5. The summed E-state index contributed by atoms with van der Waals surface area (Å²) < 4.78 is 12.3. The summed E-state index contributed by atoms with van der Waals surface area (Å²) in [5, 5.41) is 3.21. The maximum Gasteiger partial charge on any atom is 0.261 e. The molecule has 0 fully saturated rings. The second-order valence-electron chi connectivity index (χ2n) is 7.82. The fourth-order valence-electron chi connectivity index (χ4n) is 3.89. The lowest BCUT2D eigenvalue weighted by Crippen LogP contribution is -2.47. The van der Waals surface area contributed by atoms with Crippen molar-refractivity contribution in [1.29, 1.82) is 0 Å². The van der Waals surface area contributed by atoms with E-state index < -0.39 is 6.10 Å². The summed E-state index contributed by atoms with van der Waals surface area (Å²) in [6.07, 6.45) is 1.99. The average Bonchev–Trinajstić information content (AvgIpc) is 2.69. The van der Waals surface area contributed by atoms with Gasteiger partial charge in [0.1, 0.15) is 17.1 Å². The van der Waals surface area contributed by atoms with E-state index >= 15 is 0 Å². The van der Waals surface area contributed by atoms with Gasteiger partial charge in [-0.1, -0.05) is 49.7 Å². The Kier molecular flexibility index (Phi) is 5.97. The highest BCUT2D eigenvalue weighted by Gasteiger charge is 2.39. The van der Waals surface area contributed by atoms with Gasteiger partial charge >= 0.3 is 0 Å². The first-order chi connectivity index (χ1) is 13.4. The molecule has 0 bridgehead atoms. The molecule has 4 heteroatoms. The highest BCUT2D eigenvalue weighted by molar-refractivity contribution is 5.81. The molecule has 0 radical (unpaired) electrons. The fraction of sp³-hybridized carbons (Fsp3) is 0.458. The van der Waals surface area contributed by atoms with Crippen LogP contribution in [0.25, 0.3) is 0 Å². The maximum absolute atomic E-state index is 12.9. The van der Waals surface area contributed by atoms with E-state index in [2.05, 4.69) is 25.2 Å². The lowest BCUT2D eigenvalue weighted by molar-refractivity contribution is -0.128. The number of ether oxygens (including phenoxy) is 2. The van der Waals surface area contributed by atoms with Gasteiger partial charge in [-0.2, -0.15) is 0 Å². The van der Waals surface area contributed by atoms with Crippen LogP contribution in [0, 0.1) is 13.8 Å². The van der Waals surface area contributed by atoms with Crippen LogP contribution in [0.15, 0.2) is 42.5 Å². The molecule has 1 amide bonds. The van der Waals surface area contributed by atoms with Crippen LogP contribution in [-0.4, -0.2) is 17.6 Å². The molecule has 0 aromatic heterocycles. The van der Waals surface area contributed by atoms with Crippen LogP contribution in [0.3, 0.4) is 0 Å². The Morgan fingerprint density at radius 3 is 2.61 bits per heavy atom. The van der Waals surface area contributed by atoms with Crippen molar-refractivity contribution < 1.29 is 14.3 Å². The van der Waals surface area contributed by atoms with Gasteiger partial charge in [-0.05, 0) is 51.3 Å². The number of carbonyl (C=O) groups excluding carboxylic acids is 1. The van der Waals surface area contributed by atoms with E-state index in [4.69, 9.17) is 9.47 Å². The van der Waals surface area contributed by atoms with Crippen molar-refractivity contribution >= 4 is 5.91 Å². The zero-order chi connectivity index (χ0) is 20.3. The first-order valence-corrected chi connectivity index (χ1v) is 10.2. The smallest absolute Gasteiger partial charge is 0.261 e. The molecule has 2 aromatic rings. The Hall–Kier alpha value is -2.49. The number of rotatable bonds is 6. The summed E-state index contributed by atoms with van der Waals surface area (Å²) in [5.41, 5.74) is 3.00. The predicted octanol–water partition coefficient (Wildman–Crippen LogP) is 5.27. The minimum Gasteiger partial charge on any atom is -0.487 e. The topological polar surface area (TPSA) is 47.6 Å². The number of aryl methyl sites for hydroxylation is 2. The highest BCUT2D eigenvalue weighted by atomic mass is 16.5. The molecular weight excluding hydrogens is 350 g/mol. The Morgan fingerprint density at radius 2 is 1.93 bits per heavy atom. The van der Waals surface area contributed by atoms with Gasteiger partial charge in [-0.15, -0.1) is 0 Å². The normalized spacial score (nSPS) is 18.5. The summed E-state index contributed by atoms with van der Waals surface area (Å²) in [4.78, 5) is 12.9. The minimum atomic E-state index is -0.575. The molecule has 4 nitrogen and oxygen atoms in total. The van der Waals surface area contributed by atoms with Crippen molar-refractivity contribution in [1.82, 2.24) is 5.32 Å². The third-order valence-corrected chi connectivity index (χ3v) is 5.81. The van der Waals surface area contributed by atoms with Crippen LogP contribution in [0.4, 0.5) is 0 Å². The minimum absolute atomic E-state index is 0.0810. The van der Waals surface area contributed by atoms with Gasteiger partial charge in [0.25, 0.3) is 5.91 Å². The van der Waals surface area contributed by atoms with Crippen molar-refractivity contribution in [3.05, 3.63) is 59.2 Å². The predicted molar refractivity (Wildman–Crippen MR) is 112 cm³/mol. The first kappa shape index (κ1) is 20.2. The van der Waals surface area contributed by atoms with Gasteiger partial charge in [0.2, 0.25) is 0 Å². The van der Waals surface area contributed by atoms with Crippen molar-refractivity contribution in [3.63, 3.8) is 0 Å². The Labute approximate surface area is 168 Å². The van der Waals surface area contributed by atoms with E-state index in [0.717, 1.165) is 41.9 Å². The Bertz CT molecular complexity index is 841. The number of benzene rings is 2. The highest BCUT2D eigenvalue weighted by Crippen LogP contribution is 2.42. The van der Waals surface area contributed by atoms with Crippen LogP contribution in [0.5, 0.6) is 11.5 Å². The second-order valence-corrected chi connectivity index (χ2v) is 7.82. The van der Waals surface area contributed by atoms with E-state index in [-0.39, 0.29) is 17.6 Å². The van der Waals surface area contributed by atoms with Crippen LogP contribution in [0.2, 0.25) is 0 Å². The molecular formula is C24H31NO3. The molecule has 0 spiro atoms. The van der Waals surface area contributed by atoms with Gasteiger partial charge in [0.15, 0.2) is 6.10 Å². The van der Waals surface area contributed by atoms with Crippen molar-refractivity contribution in [3.8, 4) is 11.5 Å². The molecule has 150 valence electrons. The molecule has 28 heavy (non-hydrogen) atoms. The zero-order valence-corrected chi connectivity index (χ0v) is 17.5. The molecule has 0 saturated heterocycles. The van der Waals surface area contributed by atoms with Gasteiger partial charge in [0.05, 0.1) is 6.04 Å². The van der Waals surface area contributed by atoms with Crippen LogP contribution in [0.1, 0.15) is 62.8 Å². The Morgan fingerprint density at radius 1 is 1.21 bits per heavy atom. The molecule has 2 atom stereocenters. The summed E-state index contributed by atoms with van der Waals surface area (Å²) in [6, 6.07) is 13.9.